The van der Waals surface area contributed by atoms with E-state index in [1.807, 2.05) is 0 Å². The van der Waals surface area contributed by atoms with Crippen LogP contribution in [-0.2, 0) is 6.18 Å². The van der Waals surface area contributed by atoms with Crippen molar-refractivity contribution in [1.82, 2.24) is 14.8 Å². The molecule has 0 unspecified atom stereocenters. The molecule has 0 saturated heterocycles. The molecule has 8 heteroatoms. The van der Waals surface area contributed by atoms with Crippen LogP contribution in [0.3, 0.4) is 0 Å². The Morgan fingerprint density at radius 2 is 2.00 bits per heavy atom. The van der Waals surface area contributed by atoms with Crippen molar-refractivity contribution in [3.63, 3.8) is 0 Å². The normalized spacial score (nSPS) is 11.8. The predicted octanol–water partition coefficient (Wildman–Crippen LogP) is 3.62. The minimum absolute atomic E-state index is 0.00572. The molecule has 2 heterocycles. The van der Waals surface area contributed by atoms with E-state index in [0.29, 0.717) is 10.8 Å². The summed E-state index contributed by atoms with van der Waals surface area (Å²) < 4.78 is 40.3. The van der Waals surface area contributed by atoms with Gasteiger partial charge < -0.3 is 0 Å². The van der Waals surface area contributed by atoms with Gasteiger partial charge in [-0.05, 0) is 13.0 Å². The van der Waals surface area contributed by atoms with Gasteiger partial charge >= 0.3 is 6.18 Å². The SMILES string of the molecule is Cc1cc(=O)n(-c2nc(-c3ccccc3C(F)(F)F)cs2)[nH]1. The number of nitrogens with zero attached hydrogens (tertiary/aromatic N) is 2. The molecule has 22 heavy (non-hydrogen) atoms. The van der Waals surface area contributed by atoms with E-state index in [1.165, 1.54) is 34.3 Å². The van der Waals surface area contributed by atoms with E-state index in [0.717, 1.165) is 17.4 Å². The van der Waals surface area contributed by atoms with Crippen molar-refractivity contribution in [2.24, 2.45) is 0 Å². The zero-order chi connectivity index (χ0) is 15.9. The Balaban J connectivity index is 2.09. The number of aromatic nitrogens is 3. The van der Waals surface area contributed by atoms with E-state index in [2.05, 4.69) is 10.1 Å². The van der Waals surface area contributed by atoms with Crippen LogP contribution in [0, 0.1) is 6.92 Å². The summed E-state index contributed by atoms with van der Waals surface area (Å²) in [4.78, 5) is 15.9. The summed E-state index contributed by atoms with van der Waals surface area (Å²) >= 11 is 1.10. The van der Waals surface area contributed by atoms with Gasteiger partial charge in [-0.25, -0.2) is 4.98 Å². The topological polar surface area (TPSA) is 50.7 Å². The van der Waals surface area contributed by atoms with Gasteiger partial charge in [0.15, 0.2) is 0 Å². The van der Waals surface area contributed by atoms with E-state index in [-0.39, 0.29) is 16.8 Å². The first kappa shape index (κ1) is 14.6. The summed E-state index contributed by atoms with van der Waals surface area (Å²) in [7, 11) is 0. The maximum atomic E-state index is 13.0. The van der Waals surface area contributed by atoms with Gasteiger partial charge in [-0.2, -0.15) is 17.9 Å². The molecule has 0 spiro atoms. The molecule has 3 aromatic rings. The highest BCUT2D eigenvalue weighted by Crippen LogP contribution is 2.37. The third kappa shape index (κ3) is 2.57. The third-order valence-electron chi connectivity index (χ3n) is 3.04. The molecule has 0 aliphatic heterocycles. The molecule has 3 rings (SSSR count). The van der Waals surface area contributed by atoms with Crippen LogP contribution in [0.5, 0.6) is 0 Å². The highest BCUT2D eigenvalue weighted by Gasteiger charge is 2.33. The molecule has 1 aromatic carbocycles. The van der Waals surface area contributed by atoms with Crippen molar-refractivity contribution < 1.29 is 13.2 Å². The van der Waals surface area contributed by atoms with Crippen LogP contribution >= 0.6 is 11.3 Å². The Kier molecular flexibility index (Phi) is 3.40. The maximum Gasteiger partial charge on any atom is 0.417 e. The van der Waals surface area contributed by atoms with Gasteiger partial charge in [-0.3, -0.25) is 9.89 Å². The number of hydrogen-bond donors (Lipinski definition) is 1. The standard InChI is InChI=1S/C14H10F3N3OS/c1-8-6-12(21)20(19-8)13-18-11(7-22-13)9-4-2-3-5-10(9)14(15,16)17/h2-7,19H,1H3. The number of rotatable bonds is 2. The van der Waals surface area contributed by atoms with Crippen LogP contribution in [0.4, 0.5) is 13.2 Å². The quantitative estimate of drug-likeness (QED) is 0.782. The molecule has 0 saturated carbocycles. The average molecular weight is 325 g/mol. The number of aromatic amines is 1. The summed E-state index contributed by atoms with van der Waals surface area (Å²) in [5.74, 6) is 0. The molecule has 2 aromatic heterocycles. The average Bonchev–Trinajstić information content (AvgIpc) is 3.04. The third-order valence-corrected chi connectivity index (χ3v) is 3.87. The Bertz CT molecular complexity index is 876. The molecular weight excluding hydrogens is 315 g/mol. The summed E-state index contributed by atoms with van der Waals surface area (Å²) in [5.41, 5.74) is -0.220. The van der Waals surface area contributed by atoms with Crippen LogP contribution in [-0.4, -0.2) is 14.8 Å². The molecule has 0 bridgehead atoms. The van der Waals surface area contributed by atoms with Gasteiger partial charge in [0.1, 0.15) is 0 Å². The molecule has 0 atom stereocenters. The first-order chi connectivity index (χ1) is 10.4. The van der Waals surface area contributed by atoms with Crippen molar-refractivity contribution in [2.75, 3.05) is 0 Å². The van der Waals surface area contributed by atoms with Gasteiger partial charge in [0.25, 0.3) is 5.56 Å². The fourth-order valence-electron chi connectivity index (χ4n) is 2.10. The van der Waals surface area contributed by atoms with Gasteiger partial charge in [0.05, 0.1) is 11.3 Å². The van der Waals surface area contributed by atoms with E-state index in [4.69, 9.17) is 0 Å². The number of thiazole rings is 1. The predicted molar refractivity (Wildman–Crippen MR) is 77.2 cm³/mol. The van der Waals surface area contributed by atoms with Crippen LogP contribution < -0.4 is 5.56 Å². The summed E-state index contributed by atoms with van der Waals surface area (Å²) in [6.07, 6.45) is -4.46. The fraction of sp³-hybridized carbons (Fsp3) is 0.143. The lowest BCUT2D eigenvalue weighted by Crippen LogP contribution is -2.13. The lowest BCUT2D eigenvalue weighted by molar-refractivity contribution is -0.137. The summed E-state index contributed by atoms with van der Waals surface area (Å²) in [5, 5.41) is 4.60. The number of alkyl halides is 3. The van der Waals surface area contributed by atoms with Crippen molar-refractivity contribution in [2.45, 2.75) is 13.1 Å². The second-order valence-corrected chi connectivity index (χ2v) is 5.51. The van der Waals surface area contributed by atoms with Crippen molar-refractivity contribution >= 4 is 11.3 Å². The first-order valence-corrected chi connectivity index (χ1v) is 7.15. The number of aryl methyl sites for hydroxylation is 1. The van der Waals surface area contributed by atoms with Gasteiger partial charge in [0.2, 0.25) is 5.13 Å². The van der Waals surface area contributed by atoms with Crippen molar-refractivity contribution in [1.29, 1.82) is 0 Å². The number of halogens is 3. The number of hydrogen-bond acceptors (Lipinski definition) is 3. The van der Waals surface area contributed by atoms with Crippen LogP contribution in [0.1, 0.15) is 11.3 Å². The van der Waals surface area contributed by atoms with E-state index >= 15 is 0 Å². The highest BCUT2D eigenvalue weighted by atomic mass is 32.1. The second kappa shape index (κ2) is 5.13. The fourth-order valence-corrected chi connectivity index (χ4v) is 2.89. The molecule has 114 valence electrons. The van der Waals surface area contributed by atoms with Crippen LogP contribution in [0.2, 0.25) is 0 Å². The minimum Gasteiger partial charge on any atom is -0.293 e. The van der Waals surface area contributed by atoms with Crippen molar-refractivity contribution in [3.8, 4) is 16.4 Å². The largest absolute Gasteiger partial charge is 0.417 e. The molecule has 0 aliphatic carbocycles. The molecule has 0 amide bonds. The van der Waals surface area contributed by atoms with E-state index < -0.39 is 11.7 Å². The van der Waals surface area contributed by atoms with Crippen LogP contribution in [0.15, 0.2) is 40.5 Å². The van der Waals surface area contributed by atoms with Crippen LogP contribution in [0.25, 0.3) is 16.4 Å². The summed E-state index contributed by atoms with van der Waals surface area (Å²) in [6.45, 7) is 1.71. The lowest BCUT2D eigenvalue weighted by atomic mass is 10.1. The Labute approximate surface area is 126 Å². The number of nitrogens with one attached hydrogen (secondary N) is 1. The maximum absolute atomic E-state index is 13.0. The Morgan fingerprint density at radius 1 is 1.27 bits per heavy atom. The van der Waals surface area contributed by atoms with Crippen molar-refractivity contribution in [3.05, 3.63) is 57.3 Å². The highest BCUT2D eigenvalue weighted by molar-refractivity contribution is 7.12. The van der Waals surface area contributed by atoms with E-state index in [1.54, 1.807) is 6.92 Å². The molecular formula is C14H10F3N3OS. The first-order valence-electron chi connectivity index (χ1n) is 6.27. The molecule has 0 fully saturated rings. The smallest absolute Gasteiger partial charge is 0.293 e. The molecule has 0 aliphatic rings. The zero-order valence-corrected chi connectivity index (χ0v) is 12.1. The Morgan fingerprint density at radius 3 is 2.64 bits per heavy atom. The zero-order valence-electron chi connectivity index (χ0n) is 11.3. The Hall–Kier alpha value is -2.35. The molecule has 0 radical (unpaired) electrons. The monoisotopic (exact) mass is 325 g/mol. The van der Waals surface area contributed by atoms with Gasteiger partial charge in [-0.15, -0.1) is 11.3 Å². The lowest BCUT2D eigenvalue weighted by Gasteiger charge is -2.10. The molecule has 4 nitrogen and oxygen atoms in total. The van der Waals surface area contributed by atoms with E-state index in [9.17, 15) is 18.0 Å². The van der Waals surface area contributed by atoms with Gasteiger partial charge in [-0.1, -0.05) is 18.2 Å². The minimum atomic E-state index is -4.46. The number of H-pyrrole nitrogens is 1. The molecule has 1 N–H and O–H groups in total. The summed E-state index contributed by atoms with van der Waals surface area (Å²) in [6, 6.07) is 6.63. The number of benzene rings is 1. The van der Waals surface area contributed by atoms with Gasteiger partial charge in [0, 0.05) is 22.7 Å². The second-order valence-electron chi connectivity index (χ2n) is 4.67.